The van der Waals surface area contributed by atoms with Gasteiger partial charge in [-0.3, -0.25) is 9.59 Å². The number of benzene rings is 2. The first-order chi connectivity index (χ1) is 11.1. The number of hydrogen-bond donors (Lipinski definition) is 1. The summed E-state index contributed by atoms with van der Waals surface area (Å²) in [6.45, 7) is 1.89. The molecule has 0 spiro atoms. The lowest BCUT2D eigenvalue weighted by Crippen LogP contribution is -2.21. The van der Waals surface area contributed by atoms with E-state index in [9.17, 15) is 9.59 Å². The SMILES string of the molecule is CCC(=O)CCCCCC(C(N)=O)c1cccc2ccccc12. The van der Waals surface area contributed by atoms with Gasteiger partial charge in [0.05, 0.1) is 5.92 Å². The molecule has 1 atom stereocenters. The number of Topliss-reactive ketones (excluding diaryl/α,β-unsaturated/α-hetero) is 1. The molecule has 0 aliphatic rings. The third-order valence-electron chi connectivity index (χ3n) is 4.38. The molecule has 1 amide bonds. The molecule has 23 heavy (non-hydrogen) atoms. The Kier molecular flexibility index (Phi) is 6.33. The summed E-state index contributed by atoms with van der Waals surface area (Å²) in [6.07, 6.45) is 4.76. The van der Waals surface area contributed by atoms with Crippen LogP contribution in [0.15, 0.2) is 42.5 Å². The third kappa shape index (κ3) is 4.65. The van der Waals surface area contributed by atoms with E-state index < -0.39 is 0 Å². The van der Waals surface area contributed by atoms with Crippen LogP contribution in [0.3, 0.4) is 0 Å². The van der Waals surface area contributed by atoms with Crippen LogP contribution in [0.1, 0.15) is 56.9 Å². The first kappa shape index (κ1) is 17.2. The van der Waals surface area contributed by atoms with E-state index in [0.717, 1.165) is 42.0 Å². The summed E-state index contributed by atoms with van der Waals surface area (Å²) < 4.78 is 0. The van der Waals surface area contributed by atoms with Gasteiger partial charge in [-0.1, -0.05) is 62.2 Å². The van der Waals surface area contributed by atoms with Crippen molar-refractivity contribution in [1.29, 1.82) is 0 Å². The second-order valence-electron chi connectivity index (χ2n) is 6.01. The number of amides is 1. The van der Waals surface area contributed by atoms with E-state index in [0.29, 0.717) is 18.6 Å². The minimum atomic E-state index is -0.272. The molecule has 3 nitrogen and oxygen atoms in total. The molecule has 122 valence electrons. The van der Waals surface area contributed by atoms with E-state index in [1.807, 2.05) is 49.4 Å². The standard InChI is InChI=1S/C20H25NO2/c1-2-16(22)11-4-3-5-13-19(20(21)23)18-14-8-10-15-9-6-7-12-17(15)18/h6-10,12,14,19H,2-5,11,13H2,1H3,(H2,21,23). The van der Waals surface area contributed by atoms with Crippen LogP contribution in [0.25, 0.3) is 10.8 Å². The van der Waals surface area contributed by atoms with Gasteiger partial charge < -0.3 is 5.73 Å². The fourth-order valence-corrected chi connectivity index (χ4v) is 3.03. The van der Waals surface area contributed by atoms with Crippen molar-refractivity contribution in [3.8, 4) is 0 Å². The molecular weight excluding hydrogens is 286 g/mol. The van der Waals surface area contributed by atoms with Crippen molar-refractivity contribution in [2.75, 3.05) is 0 Å². The molecule has 2 N–H and O–H groups in total. The first-order valence-electron chi connectivity index (χ1n) is 8.42. The number of nitrogens with two attached hydrogens (primary N) is 1. The van der Waals surface area contributed by atoms with Crippen molar-refractivity contribution in [2.24, 2.45) is 5.73 Å². The number of rotatable bonds is 9. The van der Waals surface area contributed by atoms with Crippen LogP contribution in [0.2, 0.25) is 0 Å². The summed E-state index contributed by atoms with van der Waals surface area (Å²) >= 11 is 0. The topological polar surface area (TPSA) is 60.2 Å². The zero-order valence-corrected chi connectivity index (χ0v) is 13.8. The molecule has 0 radical (unpaired) electrons. The predicted molar refractivity (Wildman–Crippen MR) is 94.3 cm³/mol. The summed E-state index contributed by atoms with van der Waals surface area (Å²) in [7, 11) is 0. The molecule has 1 unspecified atom stereocenters. The lowest BCUT2D eigenvalue weighted by Gasteiger charge is -2.16. The van der Waals surface area contributed by atoms with Gasteiger partial charge in [0.25, 0.3) is 0 Å². The zero-order valence-electron chi connectivity index (χ0n) is 13.8. The summed E-state index contributed by atoms with van der Waals surface area (Å²) in [4.78, 5) is 23.2. The molecule has 3 heteroatoms. The minimum Gasteiger partial charge on any atom is -0.369 e. The number of hydrogen-bond acceptors (Lipinski definition) is 2. The highest BCUT2D eigenvalue weighted by Gasteiger charge is 2.19. The maximum absolute atomic E-state index is 11.9. The average Bonchev–Trinajstić information content (AvgIpc) is 2.57. The second-order valence-corrected chi connectivity index (χ2v) is 6.01. The van der Waals surface area contributed by atoms with Crippen LogP contribution in [0, 0.1) is 0 Å². The molecule has 0 aromatic heterocycles. The number of ketones is 1. The Bertz CT molecular complexity index is 673. The lowest BCUT2D eigenvalue weighted by molar-refractivity contribution is -0.120. The van der Waals surface area contributed by atoms with Gasteiger partial charge in [0.1, 0.15) is 5.78 Å². The number of unbranched alkanes of at least 4 members (excludes halogenated alkanes) is 2. The summed E-state index contributed by atoms with van der Waals surface area (Å²) in [6, 6.07) is 14.1. The molecule has 0 heterocycles. The van der Waals surface area contributed by atoms with E-state index >= 15 is 0 Å². The molecule has 2 rings (SSSR count). The Balaban J connectivity index is 2.03. The molecule has 2 aromatic carbocycles. The maximum Gasteiger partial charge on any atom is 0.224 e. The van der Waals surface area contributed by atoms with Gasteiger partial charge in [0.15, 0.2) is 0 Å². The predicted octanol–water partition coefficient (Wildman–Crippen LogP) is 4.34. The quantitative estimate of drug-likeness (QED) is 0.700. The number of fused-ring (bicyclic) bond motifs is 1. The van der Waals surface area contributed by atoms with Crippen molar-refractivity contribution in [3.05, 3.63) is 48.0 Å². The van der Waals surface area contributed by atoms with E-state index in [-0.39, 0.29) is 11.8 Å². The number of carbonyl (C=O) groups is 2. The molecule has 0 bridgehead atoms. The summed E-state index contributed by atoms with van der Waals surface area (Å²) in [5.74, 6) is -0.223. The molecular formula is C20H25NO2. The zero-order chi connectivity index (χ0) is 16.7. The largest absolute Gasteiger partial charge is 0.369 e. The average molecular weight is 311 g/mol. The van der Waals surface area contributed by atoms with Crippen LogP contribution in [-0.2, 0) is 9.59 Å². The molecule has 2 aromatic rings. The second kappa shape index (κ2) is 8.47. The van der Waals surface area contributed by atoms with Crippen LogP contribution in [0.4, 0.5) is 0 Å². The Morgan fingerprint density at radius 1 is 1.00 bits per heavy atom. The van der Waals surface area contributed by atoms with Gasteiger partial charge >= 0.3 is 0 Å². The van der Waals surface area contributed by atoms with Crippen LogP contribution in [0.5, 0.6) is 0 Å². The van der Waals surface area contributed by atoms with E-state index in [2.05, 4.69) is 0 Å². The van der Waals surface area contributed by atoms with Gasteiger partial charge in [-0.15, -0.1) is 0 Å². The molecule has 0 fully saturated rings. The number of carbonyl (C=O) groups excluding carboxylic acids is 2. The minimum absolute atomic E-state index is 0.261. The fourth-order valence-electron chi connectivity index (χ4n) is 3.03. The van der Waals surface area contributed by atoms with Crippen LogP contribution in [-0.4, -0.2) is 11.7 Å². The Morgan fingerprint density at radius 3 is 2.48 bits per heavy atom. The fraction of sp³-hybridized carbons (Fsp3) is 0.400. The van der Waals surface area contributed by atoms with E-state index in [4.69, 9.17) is 5.73 Å². The molecule has 0 aliphatic heterocycles. The van der Waals surface area contributed by atoms with Crippen LogP contribution < -0.4 is 5.73 Å². The van der Waals surface area contributed by atoms with Crippen molar-refractivity contribution < 1.29 is 9.59 Å². The molecule has 0 saturated heterocycles. The van der Waals surface area contributed by atoms with Crippen molar-refractivity contribution in [2.45, 2.75) is 51.4 Å². The Morgan fingerprint density at radius 2 is 1.74 bits per heavy atom. The van der Waals surface area contributed by atoms with Gasteiger partial charge in [-0.2, -0.15) is 0 Å². The highest BCUT2D eigenvalue weighted by atomic mass is 16.1. The van der Waals surface area contributed by atoms with Gasteiger partial charge in [-0.25, -0.2) is 0 Å². The summed E-state index contributed by atoms with van der Waals surface area (Å²) in [5.41, 5.74) is 6.67. The third-order valence-corrected chi connectivity index (χ3v) is 4.38. The Labute approximate surface area is 137 Å². The lowest BCUT2D eigenvalue weighted by atomic mass is 9.88. The smallest absolute Gasteiger partial charge is 0.224 e. The normalized spacial score (nSPS) is 12.2. The van der Waals surface area contributed by atoms with Crippen molar-refractivity contribution in [1.82, 2.24) is 0 Å². The highest BCUT2D eigenvalue weighted by molar-refractivity contribution is 5.92. The molecule has 0 aliphatic carbocycles. The number of primary amides is 1. The summed E-state index contributed by atoms with van der Waals surface area (Å²) in [5, 5.41) is 2.23. The molecule has 0 saturated carbocycles. The monoisotopic (exact) mass is 311 g/mol. The highest BCUT2D eigenvalue weighted by Crippen LogP contribution is 2.29. The van der Waals surface area contributed by atoms with Crippen LogP contribution >= 0.6 is 0 Å². The van der Waals surface area contributed by atoms with E-state index in [1.165, 1.54) is 0 Å². The Hall–Kier alpha value is -2.16. The van der Waals surface area contributed by atoms with E-state index in [1.54, 1.807) is 0 Å². The first-order valence-corrected chi connectivity index (χ1v) is 8.42. The van der Waals surface area contributed by atoms with Crippen molar-refractivity contribution >= 4 is 22.5 Å². The maximum atomic E-state index is 11.9. The van der Waals surface area contributed by atoms with Gasteiger partial charge in [0.2, 0.25) is 5.91 Å². The van der Waals surface area contributed by atoms with Gasteiger partial charge in [0, 0.05) is 12.8 Å². The van der Waals surface area contributed by atoms with Crippen molar-refractivity contribution in [3.63, 3.8) is 0 Å². The van der Waals surface area contributed by atoms with Gasteiger partial charge in [-0.05, 0) is 29.2 Å².